The monoisotopic (exact) mass is 346 g/mol. The zero-order valence-electron chi connectivity index (χ0n) is 14.0. The Hall–Kier alpha value is -2.34. The van der Waals surface area contributed by atoms with Crippen LogP contribution in [0.5, 0.6) is 5.75 Å². The molecule has 0 aliphatic heterocycles. The van der Waals surface area contributed by atoms with E-state index in [1.54, 1.807) is 6.07 Å². The van der Waals surface area contributed by atoms with Gasteiger partial charge in [-0.25, -0.2) is 4.39 Å². The summed E-state index contributed by atoms with van der Waals surface area (Å²) in [6.45, 7) is 0.116. The first-order valence-corrected chi connectivity index (χ1v) is 8.65. The van der Waals surface area contributed by atoms with Gasteiger partial charge in [-0.2, -0.15) is 0 Å². The fourth-order valence-electron chi connectivity index (χ4n) is 3.17. The van der Waals surface area contributed by atoms with E-state index >= 15 is 0 Å². The molecule has 3 rings (SSSR count). The number of rotatable bonds is 7. The van der Waals surface area contributed by atoms with Crippen molar-refractivity contribution < 1.29 is 19.0 Å². The topological polar surface area (TPSA) is 63.5 Å². The van der Waals surface area contributed by atoms with Crippen molar-refractivity contribution in [3.63, 3.8) is 0 Å². The number of aliphatic hydroxyl groups excluding tert-OH is 1. The summed E-state index contributed by atoms with van der Waals surface area (Å²) in [5.41, 5.74) is 0.624. The van der Waals surface area contributed by atoms with Crippen LogP contribution < -0.4 is 10.1 Å². The maximum Gasteiger partial charge on any atom is 0.268 e. The molecule has 1 unspecified atom stereocenters. The van der Waals surface area contributed by atoms with Crippen molar-refractivity contribution in [2.45, 2.75) is 37.8 Å². The molecular weight excluding hydrogens is 323 g/mol. The molecule has 2 N–H and O–H groups in total. The van der Waals surface area contributed by atoms with E-state index in [0.29, 0.717) is 17.5 Å². The van der Waals surface area contributed by atoms with Crippen molar-refractivity contribution in [3.8, 4) is 5.75 Å². The molecule has 1 fully saturated rings. The molecule has 0 saturated heterocycles. The molecule has 1 aromatic heterocycles. The van der Waals surface area contributed by atoms with E-state index in [0.717, 1.165) is 12.8 Å². The summed E-state index contributed by atoms with van der Waals surface area (Å²) in [7, 11) is 0. The molecule has 1 saturated carbocycles. The second-order valence-corrected chi connectivity index (χ2v) is 6.37. The smallest absolute Gasteiger partial charge is 0.268 e. The number of halogens is 1. The lowest BCUT2D eigenvalue weighted by atomic mass is 10.2. The predicted octanol–water partition coefficient (Wildman–Crippen LogP) is 2.91. The molecule has 0 spiro atoms. The average Bonchev–Trinajstić information content (AvgIpc) is 3.29. The van der Waals surface area contributed by atoms with Crippen molar-refractivity contribution in [2.75, 3.05) is 13.2 Å². The molecular formula is C19H23FN2O3. The number of ether oxygens (including phenoxy) is 1. The number of aliphatic hydroxyl groups is 1. The third-order valence-corrected chi connectivity index (χ3v) is 4.48. The van der Waals surface area contributed by atoms with Gasteiger partial charge >= 0.3 is 0 Å². The fourth-order valence-corrected chi connectivity index (χ4v) is 3.17. The van der Waals surface area contributed by atoms with Gasteiger partial charge in [-0.15, -0.1) is 0 Å². The zero-order chi connectivity index (χ0) is 17.6. The van der Waals surface area contributed by atoms with Crippen molar-refractivity contribution in [1.29, 1.82) is 0 Å². The maximum atomic E-state index is 12.8. The normalized spacial score (nSPS) is 15.9. The van der Waals surface area contributed by atoms with Crippen LogP contribution in [-0.2, 0) is 0 Å². The van der Waals surface area contributed by atoms with Crippen molar-refractivity contribution in [2.24, 2.45) is 0 Å². The molecule has 134 valence electrons. The van der Waals surface area contributed by atoms with Crippen LogP contribution in [0.15, 0.2) is 42.6 Å². The Morgan fingerprint density at radius 2 is 2.00 bits per heavy atom. The van der Waals surface area contributed by atoms with Gasteiger partial charge in [0.05, 0.1) is 0 Å². The van der Waals surface area contributed by atoms with E-state index in [1.807, 2.05) is 16.8 Å². The Morgan fingerprint density at radius 3 is 2.72 bits per heavy atom. The van der Waals surface area contributed by atoms with Crippen LogP contribution in [0.25, 0.3) is 0 Å². The van der Waals surface area contributed by atoms with Gasteiger partial charge in [-0.1, -0.05) is 12.8 Å². The number of hydrogen-bond acceptors (Lipinski definition) is 3. The SMILES string of the molecule is O=C(NCC(O)COc1ccc(F)cc1)c1cccn1C1CCCC1. The molecule has 1 aliphatic carbocycles. The summed E-state index contributed by atoms with van der Waals surface area (Å²) < 4.78 is 20.2. The van der Waals surface area contributed by atoms with E-state index < -0.39 is 6.10 Å². The summed E-state index contributed by atoms with van der Waals surface area (Å²) in [5, 5.41) is 12.7. The summed E-state index contributed by atoms with van der Waals surface area (Å²) >= 11 is 0. The second kappa shape index (κ2) is 8.16. The Labute approximate surface area is 146 Å². The minimum atomic E-state index is -0.844. The van der Waals surface area contributed by atoms with Gasteiger partial charge in [-0.3, -0.25) is 4.79 Å². The first-order chi connectivity index (χ1) is 12.1. The standard InChI is InChI=1S/C19H23FN2O3/c20-14-7-9-17(10-8-14)25-13-16(23)12-21-19(24)18-6-3-11-22(18)15-4-1-2-5-15/h3,6-11,15-16,23H,1-2,4-5,12-13H2,(H,21,24). The highest BCUT2D eigenvalue weighted by atomic mass is 19.1. The van der Waals surface area contributed by atoms with E-state index in [2.05, 4.69) is 5.32 Å². The Bertz CT molecular complexity index is 693. The molecule has 1 aliphatic rings. The third-order valence-electron chi connectivity index (χ3n) is 4.48. The van der Waals surface area contributed by atoms with Crippen molar-refractivity contribution in [1.82, 2.24) is 9.88 Å². The third kappa shape index (κ3) is 4.60. The van der Waals surface area contributed by atoms with Crippen LogP contribution in [0.1, 0.15) is 42.2 Å². The average molecular weight is 346 g/mol. The number of amides is 1. The van der Waals surface area contributed by atoms with Crippen LogP contribution >= 0.6 is 0 Å². The molecule has 1 heterocycles. The van der Waals surface area contributed by atoms with E-state index in [4.69, 9.17) is 4.74 Å². The van der Waals surface area contributed by atoms with Gasteiger partial charge in [0.2, 0.25) is 0 Å². The molecule has 25 heavy (non-hydrogen) atoms. The van der Waals surface area contributed by atoms with E-state index in [9.17, 15) is 14.3 Å². The van der Waals surface area contributed by atoms with Crippen LogP contribution in [0.2, 0.25) is 0 Å². The zero-order valence-corrected chi connectivity index (χ0v) is 14.0. The molecule has 1 aromatic carbocycles. The molecule has 1 amide bonds. The summed E-state index contributed by atoms with van der Waals surface area (Å²) in [4.78, 5) is 12.4. The lowest BCUT2D eigenvalue weighted by Crippen LogP contribution is -2.36. The first-order valence-electron chi connectivity index (χ1n) is 8.65. The van der Waals surface area contributed by atoms with Gasteiger partial charge in [0, 0.05) is 18.8 Å². The highest BCUT2D eigenvalue weighted by Crippen LogP contribution is 2.30. The summed E-state index contributed by atoms with van der Waals surface area (Å²) in [5.74, 6) is -0.0648. The van der Waals surface area contributed by atoms with Crippen LogP contribution in [0.4, 0.5) is 4.39 Å². The molecule has 0 bridgehead atoms. The van der Waals surface area contributed by atoms with Gasteiger partial charge in [0.1, 0.15) is 30.0 Å². The molecule has 6 heteroatoms. The van der Waals surface area contributed by atoms with Crippen LogP contribution in [0.3, 0.4) is 0 Å². The molecule has 0 radical (unpaired) electrons. The van der Waals surface area contributed by atoms with Gasteiger partial charge in [-0.05, 0) is 49.2 Å². The fraction of sp³-hybridized carbons (Fsp3) is 0.421. The second-order valence-electron chi connectivity index (χ2n) is 6.37. The number of carbonyl (C=O) groups is 1. The quantitative estimate of drug-likeness (QED) is 0.810. The lowest BCUT2D eigenvalue weighted by molar-refractivity contribution is 0.0834. The molecule has 5 nitrogen and oxygen atoms in total. The predicted molar refractivity (Wildman–Crippen MR) is 92.2 cm³/mol. The van der Waals surface area contributed by atoms with Gasteiger partial charge in [0.25, 0.3) is 5.91 Å². The van der Waals surface area contributed by atoms with Crippen molar-refractivity contribution >= 4 is 5.91 Å². The summed E-state index contributed by atoms with van der Waals surface area (Å²) in [6.07, 6.45) is 5.70. The van der Waals surface area contributed by atoms with Crippen molar-refractivity contribution in [3.05, 3.63) is 54.1 Å². The minimum Gasteiger partial charge on any atom is -0.491 e. The Morgan fingerprint density at radius 1 is 1.28 bits per heavy atom. The molecule has 1 atom stereocenters. The number of nitrogens with one attached hydrogen (secondary N) is 1. The number of aromatic nitrogens is 1. The number of nitrogens with zero attached hydrogens (tertiary/aromatic N) is 1. The molecule has 2 aromatic rings. The van der Waals surface area contributed by atoms with Crippen LogP contribution in [-0.4, -0.2) is 34.8 Å². The lowest BCUT2D eigenvalue weighted by Gasteiger charge is -2.17. The largest absolute Gasteiger partial charge is 0.491 e. The number of benzene rings is 1. The van der Waals surface area contributed by atoms with Gasteiger partial charge in [0.15, 0.2) is 0 Å². The highest BCUT2D eigenvalue weighted by molar-refractivity contribution is 5.92. The Balaban J connectivity index is 1.47. The maximum absolute atomic E-state index is 12.8. The number of carbonyl (C=O) groups excluding carboxylic acids is 1. The minimum absolute atomic E-state index is 0.0234. The van der Waals surface area contributed by atoms with Gasteiger partial charge < -0.3 is 19.7 Å². The summed E-state index contributed by atoms with van der Waals surface area (Å²) in [6, 6.07) is 9.64. The van der Waals surface area contributed by atoms with E-state index in [1.165, 1.54) is 37.1 Å². The highest BCUT2D eigenvalue weighted by Gasteiger charge is 2.21. The van der Waals surface area contributed by atoms with Crippen LogP contribution in [0, 0.1) is 5.82 Å². The first kappa shape index (κ1) is 17.5. The Kier molecular flexibility index (Phi) is 5.71. The van der Waals surface area contributed by atoms with E-state index in [-0.39, 0.29) is 24.9 Å². The number of hydrogen-bond donors (Lipinski definition) is 2.